The van der Waals surface area contributed by atoms with Gasteiger partial charge in [-0.3, -0.25) is 20.4 Å². The summed E-state index contributed by atoms with van der Waals surface area (Å²) in [5.41, 5.74) is 8.05. The van der Waals surface area contributed by atoms with Gasteiger partial charge in [0.25, 0.3) is 11.8 Å². The Bertz CT molecular complexity index is 813. The molecule has 2 aromatic carbocycles. The van der Waals surface area contributed by atoms with Crippen molar-refractivity contribution in [2.24, 2.45) is 0 Å². The van der Waals surface area contributed by atoms with Gasteiger partial charge in [-0.2, -0.15) is 0 Å². The van der Waals surface area contributed by atoms with Crippen LogP contribution in [0.3, 0.4) is 0 Å². The number of hydrogen-bond acceptors (Lipinski definition) is 4. The van der Waals surface area contributed by atoms with E-state index in [0.717, 1.165) is 36.0 Å². The highest BCUT2D eigenvalue weighted by atomic mass is 16.7. The number of amides is 2. The van der Waals surface area contributed by atoms with Gasteiger partial charge in [0.2, 0.25) is 0 Å². The quantitative estimate of drug-likeness (QED) is 0.381. The van der Waals surface area contributed by atoms with Crippen LogP contribution in [0.5, 0.6) is 0 Å². The fourth-order valence-electron chi connectivity index (χ4n) is 2.86. The fraction of sp³-hybridized carbons (Fsp3) is 0.304. The molecule has 0 radical (unpaired) electrons. The molecule has 6 nitrogen and oxygen atoms in total. The average molecular weight is 396 g/mol. The SMILES string of the molecule is CCCC/C(=C\C(=O)NNC(=O)c1ccc(C(OC)OC)cc1)c1ccccc1. The van der Waals surface area contributed by atoms with Gasteiger partial charge in [0.15, 0.2) is 6.29 Å². The molecule has 0 unspecified atom stereocenters. The number of allylic oxidation sites excluding steroid dienone is 1. The van der Waals surface area contributed by atoms with Gasteiger partial charge in [0, 0.05) is 31.4 Å². The van der Waals surface area contributed by atoms with E-state index in [4.69, 9.17) is 9.47 Å². The Balaban J connectivity index is 1.99. The summed E-state index contributed by atoms with van der Waals surface area (Å²) in [5, 5.41) is 0. The molecule has 29 heavy (non-hydrogen) atoms. The van der Waals surface area contributed by atoms with E-state index in [2.05, 4.69) is 17.8 Å². The zero-order valence-electron chi connectivity index (χ0n) is 17.1. The average Bonchev–Trinajstić information content (AvgIpc) is 2.77. The largest absolute Gasteiger partial charge is 0.352 e. The van der Waals surface area contributed by atoms with Gasteiger partial charge < -0.3 is 9.47 Å². The number of ether oxygens (including phenoxy) is 2. The van der Waals surface area contributed by atoms with Crippen LogP contribution in [0.4, 0.5) is 0 Å². The molecule has 2 N–H and O–H groups in total. The third-order valence-electron chi connectivity index (χ3n) is 4.42. The molecule has 154 valence electrons. The van der Waals surface area contributed by atoms with Crippen LogP contribution in [-0.2, 0) is 14.3 Å². The predicted molar refractivity (Wildman–Crippen MR) is 113 cm³/mol. The number of hydrogen-bond donors (Lipinski definition) is 2. The highest BCUT2D eigenvalue weighted by Gasteiger charge is 2.11. The summed E-state index contributed by atoms with van der Waals surface area (Å²) < 4.78 is 10.4. The Hall–Kier alpha value is -2.96. The molecule has 0 spiro atoms. The first kappa shape index (κ1) is 22.3. The lowest BCUT2D eigenvalue weighted by Gasteiger charge is -2.14. The lowest BCUT2D eigenvalue weighted by atomic mass is 10.00. The first-order valence-electron chi connectivity index (χ1n) is 9.60. The Labute approximate surface area is 171 Å². The molecule has 0 aromatic heterocycles. The van der Waals surface area contributed by atoms with E-state index in [0.29, 0.717) is 5.56 Å². The zero-order valence-corrected chi connectivity index (χ0v) is 17.1. The minimum absolute atomic E-state index is 0.372. The first-order chi connectivity index (χ1) is 14.1. The van der Waals surface area contributed by atoms with Crippen molar-refractivity contribution in [3.8, 4) is 0 Å². The van der Waals surface area contributed by atoms with E-state index in [1.54, 1.807) is 38.5 Å². The maximum atomic E-state index is 12.3. The summed E-state index contributed by atoms with van der Waals surface area (Å²) in [6, 6.07) is 16.5. The molecule has 0 atom stereocenters. The highest BCUT2D eigenvalue weighted by molar-refractivity contribution is 5.99. The van der Waals surface area contributed by atoms with E-state index in [1.165, 1.54) is 6.08 Å². The second kappa shape index (κ2) is 11.8. The van der Waals surface area contributed by atoms with E-state index in [-0.39, 0.29) is 5.91 Å². The summed E-state index contributed by atoms with van der Waals surface area (Å²) in [6.07, 6.45) is 3.86. The van der Waals surface area contributed by atoms with Crippen LogP contribution in [0.15, 0.2) is 60.7 Å². The molecule has 6 heteroatoms. The van der Waals surface area contributed by atoms with Crippen molar-refractivity contribution in [3.63, 3.8) is 0 Å². The van der Waals surface area contributed by atoms with E-state index < -0.39 is 12.2 Å². The Morgan fingerprint density at radius 2 is 1.59 bits per heavy atom. The standard InChI is InChI=1S/C23H28N2O4/c1-4-5-9-20(17-10-7-6-8-11-17)16-21(26)24-25-22(27)18-12-14-19(15-13-18)23(28-2)29-3/h6-8,10-16,23H,4-5,9H2,1-3H3,(H,24,26)(H,25,27)/b20-16+. The molecular formula is C23H28N2O4. The number of rotatable bonds is 9. The maximum absolute atomic E-state index is 12.3. The van der Waals surface area contributed by atoms with Gasteiger partial charge >= 0.3 is 0 Å². The van der Waals surface area contributed by atoms with Crippen molar-refractivity contribution in [2.45, 2.75) is 32.5 Å². The minimum Gasteiger partial charge on any atom is -0.352 e. The van der Waals surface area contributed by atoms with Crippen LogP contribution < -0.4 is 10.9 Å². The number of benzene rings is 2. The Morgan fingerprint density at radius 1 is 0.931 bits per heavy atom. The van der Waals surface area contributed by atoms with Crippen LogP contribution in [-0.4, -0.2) is 26.0 Å². The molecule has 0 fully saturated rings. The number of hydrazine groups is 1. The lowest BCUT2D eigenvalue weighted by molar-refractivity contribution is -0.117. The molecule has 0 aliphatic rings. The van der Waals surface area contributed by atoms with Crippen molar-refractivity contribution >= 4 is 17.4 Å². The molecule has 0 aliphatic carbocycles. The molecule has 0 saturated carbocycles. The van der Waals surface area contributed by atoms with Gasteiger partial charge in [0.1, 0.15) is 0 Å². The summed E-state index contributed by atoms with van der Waals surface area (Å²) >= 11 is 0. The number of carbonyl (C=O) groups is 2. The van der Waals surface area contributed by atoms with Crippen LogP contribution >= 0.6 is 0 Å². The normalized spacial score (nSPS) is 11.4. The molecule has 0 heterocycles. The van der Waals surface area contributed by atoms with Gasteiger partial charge in [-0.15, -0.1) is 0 Å². The third-order valence-corrected chi connectivity index (χ3v) is 4.42. The fourth-order valence-corrected chi connectivity index (χ4v) is 2.86. The number of carbonyl (C=O) groups excluding carboxylic acids is 2. The first-order valence-corrected chi connectivity index (χ1v) is 9.60. The van der Waals surface area contributed by atoms with Gasteiger partial charge in [0.05, 0.1) is 0 Å². The number of unbranched alkanes of at least 4 members (excludes halogenated alkanes) is 1. The van der Waals surface area contributed by atoms with E-state index in [1.807, 2.05) is 30.3 Å². The molecular weight excluding hydrogens is 368 g/mol. The molecule has 2 aromatic rings. The van der Waals surface area contributed by atoms with Gasteiger partial charge in [-0.1, -0.05) is 55.8 Å². The number of methoxy groups -OCH3 is 2. The topological polar surface area (TPSA) is 76.7 Å². The van der Waals surface area contributed by atoms with Gasteiger partial charge in [-0.05, 0) is 36.1 Å². The van der Waals surface area contributed by atoms with Crippen molar-refractivity contribution in [1.82, 2.24) is 10.9 Å². The monoisotopic (exact) mass is 396 g/mol. The van der Waals surface area contributed by atoms with Crippen LogP contribution in [0.1, 0.15) is 54.0 Å². The second-order valence-corrected chi connectivity index (χ2v) is 6.51. The molecule has 2 rings (SSSR count). The van der Waals surface area contributed by atoms with Gasteiger partial charge in [-0.25, -0.2) is 0 Å². The second-order valence-electron chi connectivity index (χ2n) is 6.51. The summed E-state index contributed by atoms with van der Waals surface area (Å²) in [5.74, 6) is -0.775. The molecule has 0 bridgehead atoms. The molecule has 0 aliphatic heterocycles. The predicted octanol–water partition coefficient (Wildman–Crippen LogP) is 4.01. The zero-order chi connectivity index (χ0) is 21.1. The number of nitrogens with one attached hydrogen (secondary N) is 2. The van der Waals surface area contributed by atoms with Crippen molar-refractivity contribution in [1.29, 1.82) is 0 Å². The summed E-state index contributed by atoms with van der Waals surface area (Å²) in [7, 11) is 3.09. The van der Waals surface area contributed by atoms with Crippen LogP contribution in [0.25, 0.3) is 5.57 Å². The van der Waals surface area contributed by atoms with Crippen molar-refractivity contribution < 1.29 is 19.1 Å². The maximum Gasteiger partial charge on any atom is 0.269 e. The summed E-state index contributed by atoms with van der Waals surface area (Å²) in [4.78, 5) is 24.6. The minimum atomic E-state index is -0.489. The Morgan fingerprint density at radius 3 is 2.17 bits per heavy atom. The summed E-state index contributed by atoms with van der Waals surface area (Å²) in [6.45, 7) is 2.11. The van der Waals surface area contributed by atoms with E-state index >= 15 is 0 Å². The molecule has 0 saturated heterocycles. The van der Waals surface area contributed by atoms with E-state index in [9.17, 15) is 9.59 Å². The Kier molecular flexibility index (Phi) is 9.08. The van der Waals surface area contributed by atoms with Crippen LogP contribution in [0, 0.1) is 0 Å². The van der Waals surface area contributed by atoms with Crippen molar-refractivity contribution in [2.75, 3.05) is 14.2 Å². The third kappa shape index (κ3) is 6.85. The van der Waals surface area contributed by atoms with Crippen molar-refractivity contribution in [3.05, 3.63) is 77.4 Å². The lowest BCUT2D eigenvalue weighted by Crippen LogP contribution is -2.40. The highest BCUT2D eigenvalue weighted by Crippen LogP contribution is 2.20. The van der Waals surface area contributed by atoms with Crippen LogP contribution in [0.2, 0.25) is 0 Å². The smallest absolute Gasteiger partial charge is 0.269 e. The molecule has 2 amide bonds.